The van der Waals surface area contributed by atoms with Gasteiger partial charge < -0.3 is 10.1 Å². The number of ether oxygens (including phenoxy) is 1. The maximum absolute atomic E-state index is 11.9. The second kappa shape index (κ2) is 7.64. The quantitative estimate of drug-likeness (QED) is 0.830. The van der Waals surface area contributed by atoms with E-state index in [1.54, 1.807) is 0 Å². The van der Waals surface area contributed by atoms with Gasteiger partial charge in [0.05, 0.1) is 13.0 Å². The van der Waals surface area contributed by atoms with Gasteiger partial charge in [0.1, 0.15) is 12.4 Å². The summed E-state index contributed by atoms with van der Waals surface area (Å²) in [5, 5.41) is 2.89. The lowest BCUT2D eigenvalue weighted by atomic mass is 10.1. The first-order valence-electron chi connectivity index (χ1n) is 7.57. The summed E-state index contributed by atoms with van der Waals surface area (Å²) in [5.41, 5.74) is 4.50. The predicted molar refractivity (Wildman–Crippen MR) is 89.3 cm³/mol. The van der Waals surface area contributed by atoms with Crippen LogP contribution in [0.15, 0.2) is 42.5 Å². The molecule has 0 bridgehead atoms. The minimum Gasteiger partial charge on any atom is -0.491 e. The van der Waals surface area contributed by atoms with Gasteiger partial charge in [-0.05, 0) is 43.5 Å². The van der Waals surface area contributed by atoms with E-state index in [0.717, 1.165) is 16.9 Å². The van der Waals surface area contributed by atoms with Gasteiger partial charge in [-0.15, -0.1) is 0 Å². The van der Waals surface area contributed by atoms with Gasteiger partial charge in [-0.3, -0.25) is 4.79 Å². The number of hydrogen-bond donors (Lipinski definition) is 1. The highest BCUT2D eigenvalue weighted by Crippen LogP contribution is 2.18. The molecule has 3 nitrogen and oxygen atoms in total. The first-order valence-corrected chi connectivity index (χ1v) is 7.57. The van der Waals surface area contributed by atoms with E-state index in [0.29, 0.717) is 19.6 Å². The largest absolute Gasteiger partial charge is 0.491 e. The van der Waals surface area contributed by atoms with Crippen LogP contribution in [0, 0.1) is 20.8 Å². The van der Waals surface area contributed by atoms with E-state index in [2.05, 4.69) is 11.4 Å². The van der Waals surface area contributed by atoms with Crippen molar-refractivity contribution in [3.63, 3.8) is 0 Å². The second-order valence-corrected chi connectivity index (χ2v) is 5.63. The molecule has 0 aliphatic rings. The number of amides is 1. The predicted octanol–water partition coefficient (Wildman–Crippen LogP) is 3.35. The molecule has 3 heteroatoms. The Morgan fingerprint density at radius 3 is 2.41 bits per heavy atom. The Hall–Kier alpha value is -2.29. The summed E-state index contributed by atoms with van der Waals surface area (Å²) >= 11 is 0. The molecule has 0 heterocycles. The molecule has 1 amide bonds. The van der Waals surface area contributed by atoms with Crippen LogP contribution in [0.25, 0.3) is 0 Å². The van der Waals surface area contributed by atoms with Crippen molar-refractivity contribution in [2.75, 3.05) is 13.2 Å². The lowest BCUT2D eigenvalue weighted by Gasteiger charge is -2.11. The first-order chi connectivity index (χ1) is 10.5. The Bertz CT molecular complexity index is 632. The summed E-state index contributed by atoms with van der Waals surface area (Å²) in [6, 6.07) is 14.1. The van der Waals surface area contributed by atoms with Crippen LogP contribution in [-0.2, 0) is 11.2 Å². The third-order valence-corrected chi connectivity index (χ3v) is 3.51. The van der Waals surface area contributed by atoms with Crippen LogP contribution >= 0.6 is 0 Å². The van der Waals surface area contributed by atoms with Gasteiger partial charge in [0.15, 0.2) is 0 Å². The van der Waals surface area contributed by atoms with Gasteiger partial charge in [-0.1, -0.05) is 42.0 Å². The minimum absolute atomic E-state index is 0.0217. The lowest BCUT2D eigenvalue weighted by molar-refractivity contribution is -0.120. The number of nitrogens with one attached hydrogen (secondary N) is 1. The van der Waals surface area contributed by atoms with Crippen molar-refractivity contribution >= 4 is 5.91 Å². The molecule has 0 aliphatic carbocycles. The summed E-state index contributed by atoms with van der Waals surface area (Å²) in [6.45, 7) is 7.08. The second-order valence-electron chi connectivity index (χ2n) is 5.63. The van der Waals surface area contributed by atoms with Crippen molar-refractivity contribution in [1.82, 2.24) is 5.32 Å². The number of carbonyl (C=O) groups excluding carboxylic acids is 1. The SMILES string of the molecule is Cc1ccc(CC(=O)NCCOc2cc(C)ccc2C)cc1. The van der Waals surface area contributed by atoms with E-state index < -0.39 is 0 Å². The van der Waals surface area contributed by atoms with E-state index in [4.69, 9.17) is 4.74 Å². The molecule has 116 valence electrons. The number of rotatable bonds is 6. The van der Waals surface area contributed by atoms with Gasteiger partial charge in [0, 0.05) is 0 Å². The monoisotopic (exact) mass is 297 g/mol. The van der Waals surface area contributed by atoms with Gasteiger partial charge in [-0.2, -0.15) is 0 Å². The summed E-state index contributed by atoms with van der Waals surface area (Å²) in [6.07, 6.45) is 0.407. The smallest absolute Gasteiger partial charge is 0.224 e. The Morgan fingerprint density at radius 1 is 1.00 bits per heavy atom. The Balaban J connectivity index is 1.73. The van der Waals surface area contributed by atoms with Crippen molar-refractivity contribution in [3.8, 4) is 5.75 Å². The van der Waals surface area contributed by atoms with E-state index in [1.807, 2.05) is 57.2 Å². The van der Waals surface area contributed by atoms with Gasteiger partial charge in [0.25, 0.3) is 0 Å². The van der Waals surface area contributed by atoms with Gasteiger partial charge in [0.2, 0.25) is 5.91 Å². The van der Waals surface area contributed by atoms with E-state index in [-0.39, 0.29) is 5.91 Å². The van der Waals surface area contributed by atoms with Crippen molar-refractivity contribution in [3.05, 3.63) is 64.7 Å². The van der Waals surface area contributed by atoms with Crippen LogP contribution in [0.5, 0.6) is 5.75 Å². The molecule has 2 aromatic carbocycles. The molecular formula is C19H23NO2. The van der Waals surface area contributed by atoms with Crippen LogP contribution in [0.2, 0.25) is 0 Å². The van der Waals surface area contributed by atoms with E-state index in [9.17, 15) is 4.79 Å². The fourth-order valence-corrected chi connectivity index (χ4v) is 2.17. The third kappa shape index (κ3) is 4.92. The zero-order chi connectivity index (χ0) is 15.9. The lowest BCUT2D eigenvalue weighted by Crippen LogP contribution is -2.29. The van der Waals surface area contributed by atoms with E-state index >= 15 is 0 Å². The Morgan fingerprint density at radius 2 is 1.68 bits per heavy atom. The molecule has 0 saturated heterocycles. The normalized spacial score (nSPS) is 10.3. The number of benzene rings is 2. The molecule has 0 unspecified atom stereocenters. The van der Waals surface area contributed by atoms with Crippen LogP contribution in [0.3, 0.4) is 0 Å². The molecule has 22 heavy (non-hydrogen) atoms. The number of carbonyl (C=O) groups is 1. The fraction of sp³-hybridized carbons (Fsp3) is 0.316. The minimum atomic E-state index is 0.0217. The molecule has 1 N–H and O–H groups in total. The molecule has 0 saturated carbocycles. The topological polar surface area (TPSA) is 38.3 Å². The van der Waals surface area contributed by atoms with Crippen molar-refractivity contribution < 1.29 is 9.53 Å². The molecule has 2 aromatic rings. The van der Waals surface area contributed by atoms with Crippen molar-refractivity contribution in [2.24, 2.45) is 0 Å². The fourth-order valence-electron chi connectivity index (χ4n) is 2.17. The maximum Gasteiger partial charge on any atom is 0.224 e. The standard InChI is InChI=1S/C19H23NO2/c1-14-5-8-17(9-6-14)13-19(21)20-10-11-22-18-12-15(2)4-7-16(18)3/h4-9,12H,10-11,13H2,1-3H3,(H,20,21). The van der Waals surface area contributed by atoms with Crippen LogP contribution in [-0.4, -0.2) is 19.1 Å². The first kappa shape index (κ1) is 16.1. The van der Waals surface area contributed by atoms with E-state index in [1.165, 1.54) is 11.1 Å². The highest BCUT2D eigenvalue weighted by molar-refractivity contribution is 5.78. The summed E-state index contributed by atoms with van der Waals surface area (Å²) in [7, 11) is 0. The Labute approximate surface area is 132 Å². The average molecular weight is 297 g/mol. The zero-order valence-electron chi connectivity index (χ0n) is 13.5. The van der Waals surface area contributed by atoms with Crippen LogP contribution < -0.4 is 10.1 Å². The summed E-state index contributed by atoms with van der Waals surface area (Å²) in [5.74, 6) is 0.904. The third-order valence-electron chi connectivity index (χ3n) is 3.51. The highest BCUT2D eigenvalue weighted by atomic mass is 16.5. The maximum atomic E-state index is 11.9. The molecular weight excluding hydrogens is 274 g/mol. The molecule has 2 rings (SSSR count). The summed E-state index contributed by atoms with van der Waals surface area (Å²) < 4.78 is 5.72. The molecule has 0 radical (unpaired) electrons. The molecule has 0 fully saturated rings. The van der Waals surface area contributed by atoms with Crippen molar-refractivity contribution in [2.45, 2.75) is 27.2 Å². The molecule has 0 aliphatic heterocycles. The van der Waals surface area contributed by atoms with Crippen LogP contribution in [0.1, 0.15) is 22.3 Å². The zero-order valence-corrected chi connectivity index (χ0v) is 13.5. The van der Waals surface area contributed by atoms with Gasteiger partial charge >= 0.3 is 0 Å². The number of aryl methyl sites for hydroxylation is 3. The Kier molecular flexibility index (Phi) is 5.59. The van der Waals surface area contributed by atoms with Gasteiger partial charge in [-0.25, -0.2) is 0 Å². The molecule has 0 spiro atoms. The number of hydrogen-bond acceptors (Lipinski definition) is 2. The average Bonchev–Trinajstić information content (AvgIpc) is 2.49. The summed E-state index contributed by atoms with van der Waals surface area (Å²) in [4.78, 5) is 11.9. The van der Waals surface area contributed by atoms with Crippen molar-refractivity contribution in [1.29, 1.82) is 0 Å². The molecule has 0 atom stereocenters. The highest BCUT2D eigenvalue weighted by Gasteiger charge is 2.04. The molecule has 0 aromatic heterocycles. The van der Waals surface area contributed by atoms with Crippen LogP contribution in [0.4, 0.5) is 0 Å².